The second-order valence-electron chi connectivity index (χ2n) is 8.21. The zero-order valence-corrected chi connectivity index (χ0v) is 16.1. The number of nitrogens with zero attached hydrogens (tertiary/aromatic N) is 1. The second-order valence-corrected chi connectivity index (χ2v) is 8.21. The fourth-order valence-corrected chi connectivity index (χ4v) is 4.55. The number of amides is 1. The van der Waals surface area contributed by atoms with Crippen molar-refractivity contribution in [3.8, 4) is 0 Å². The maximum absolute atomic E-state index is 13.9. The molecule has 0 bridgehead atoms. The second kappa shape index (κ2) is 7.30. The summed E-state index contributed by atoms with van der Waals surface area (Å²) in [6.45, 7) is 2.79. The molecule has 1 saturated heterocycles. The van der Waals surface area contributed by atoms with E-state index >= 15 is 0 Å². The summed E-state index contributed by atoms with van der Waals surface area (Å²) in [6, 6.07) is 12.6. The molecule has 5 heteroatoms. The summed E-state index contributed by atoms with van der Waals surface area (Å²) in [5.74, 6) is -0.276. The van der Waals surface area contributed by atoms with Crippen molar-refractivity contribution in [2.24, 2.45) is 5.41 Å². The van der Waals surface area contributed by atoms with E-state index in [2.05, 4.69) is 0 Å². The number of carbonyl (C=O) groups excluding carboxylic acids is 1. The quantitative estimate of drug-likeness (QED) is 0.856. The molecule has 2 unspecified atom stereocenters. The Hall–Kier alpha value is -2.24. The van der Waals surface area contributed by atoms with Crippen LogP contribution in [0.3, 0.4) is 0 Å². The fraction of sp³-hybridized carbons (Fsp3) is 0.435. The number of carbonyl (C=O) groups is 1. The van der Waals surface area contributed by atoms with E-state index in [1.807, 2.05) is 30.3 Å². The molecular formula is C23H26FNO3. The Labute approximate surface area is 164 Å². The minimum atomic E-state index is -0.469. The Morgan fingerprint density at radius 3 is 2.46 bits per heavy atom. The lowest BCUT2D eigenvalue weighted by atomic mass is 9.58. The van der Waals surface area contributed by atoms with Gasteiger partial charge in [0.15, 0.2) is 0 Å². The molecule has 1 saturated carbocycles. The van der Waals surface area contributed by atoms with Gasteiger partial charge in [0, 0.05) is 30.5 Å². The minimum Gasteiger partial charge on any atom is -0.392 e. The molecule has 1 amide bonds. The molecule has 1 spiro atoms. The Morgan fingerprint density at radius 2 is 1.82 bits per heavy atom. The lowest BCUT2D eigenvalue weighted by Gasteiger charge is -2.55. The molecule has 2 aliphatic rings. The monoisotopic (exact) mass is 383 g/mol. The highest BCUT2D eigenvalue weighted by Crippen LogP contribution is 2.49. The van der Waals surface area contributed by atoms with Gasteiger partial charge < -0.3 is 15.1 Å². The van der Waals surface area contributed by atoms with Crippen LogP contribution in [-0.4, -0.2) is 46.3 Å². The number of aliphatic hydroxyl groups excluding tert-OH is 2. The van der Waals surface area contributed by atoms with E-state index in [4.69, 9.17) is 0 Å². The van der Waals surface area contributed by atoms with Crippen LogP contribution >= 0.6 is 0 Å². The molecule has 28 heavy (non-hydrogen) atoms. The summed E-state index contributed by atoms with van der Waals surface area (Å²) >= 11 is 0. The highest BCUT2D eigenvalue weighted by molar-refractivity contribution is 5.95. The van der Waals surface area contributed by atoms with Crippen molar-refractivity contribution in [1.82, 2.24) is 4.90 Å². The molecule has 1 aliphatic heterocycles. The summed E-state index contributed by atoms with van der Waals surface area (Å²) in [5.41, 5.74) is 2.52. The van der Waals surface area contributed by atoms with Gasteiger partial charge in [-0.25, -0.2) is 4.39 Å². The number of likely N-dealkylation sites (tertiary alicyclic amines) is 1. The van der Waals surface area contributed by atoms with Crippen LogP contribution in [-0.2, 0) is 6.42 Å². The Kier molecular flexibility index (Phi) is 4.98. The third-order valence-corrected chi connectivity index (χ3v) is 6.63. The predicted molar refractivity (Wildman–Crippen MR) is 105 cm³/mol. The van der Waals surface area contributed by atoms with Gasteiger partial charge in [-0.15, -0.1) is 0 Å². The van der Waals surface area contributed by atoms with Gasteiger partial charge in [-0.1, -0.05) is 30.3 Å². The van der Waals surface area contributed by atoms with Crippen molar-refractivity contribution in [1.29, 1.82) is 0 Å². The molecule has 4 nitrogen and oxygen atoms in total. The molecule has 2 aromatic carbocycles. The van der Waals surface area contributed by atoms with Crippen LogP contribution in [0.1, 0.15) is 46.3 Å². The van der Waals surface area contributed by atoms with Gasteiger partial charge in [-0.3, -0.25) is 4.79 Å². The fourth-order valence-electron chi connectivity index (χ4n) is 4.55. The summed E-state index contributed by atoms with van der Waals surface area (Å²) in [4.78, 5) is 14.9. The van der Waals surface area contributed by atoms with Crippen molar-refractivity contribution < 1.29 is 19.4 Å². The predicted octanol–water partition coefficient (Wildman–Crippen LogP) is 3.07. The first-order chi connectivity index (χ1) is 13.4. The third kappa shape index (κ3) is 3.23. The third-order valence-electron chi connectivity index (χ3n) is 6.63. The normalized spacial score (nSPS) is 23.5. The van der Waals surface area contributed by atoms with Crippen LogP contribution in [0.15, 0.2) is 42.5 Å². The molecule has 148 valence electrons. The summed E-state index contributed by atoms with van der Waals surface area (Å²) in [7, 11) is 0. The smallest absolute Gasteiger partial charge is 0.254 e. The van der Waals surface area contributed by atoms with Crippen molar-refractivity contribution in [2.75, 3.05) is 13.1 Å². The number of rotatable bonds is 3. The molecule has 0 aromatic heterocycles. The number of benzene rings is 2. The van der Waals surface area contributed by atoms with Crippen LogP contribution in [0.25, 0.3) is 0 Å². The Bertz CT molecular complexity index is 879. The van der Waals surface area contributed by atoms with Gasteiger partial charge >= 0.3 is 0 Å². The van der Waals surface area contributed by atoms with Crippen molar-refractivity contribution in [3.05, 3.63) is 70.5 Å². The molecule has 2 N–H and O–H groups in total. The number of hydrogen-bond donors (Lipinski definition) is 2. The zero-order chi connectivity index (χ0) is 19.9. The first kappa shape index (κ1) is 19.1. The SMILES string of the molecule is Cc1ccc(Cc2ccccc2C(=O)N2CCC3(CC2)C(O)CC3O)cc1F. The van der Waals surface area contributed by atoms with Gasteiger partial charge in [-0.2, -0.15) is 0 Å². The lowest BCUT2D eigenvalue weighted by molar-refractivity contribution is -0.187. The molecular weight excluding hydrogens is 357 g/mol. The average Bonchev–Trinajstić information content (AvgIpc) is 2.71. The molecule has 2 fully saturated rings. The van der Waals surface area contributed by atoms with E-state index in [1.165, 1.54) is 6.07 Å². The Morgan fingerprint density at radius 1 is 1.14 bits per heavy atom. The maximum Gasteiger partial charge on any atom is 0.254 e. The molecule has 0 radical (unpaired) electrons. The van der Waals surface area contributed by atoms with Crippen molar-refractivity contribution in [2.45, 2.75) is 44.8 Å². The van der Waals surface area contributed by atoms with E-state index in [0.29, 0.717) is 49.9 Å². The van der Waals surface area contributed by atoms with Crippen LogP contribution < -0.4 is 0 Å². The van der Waals surface area contributed by atoms with Gasteiger partial charge in [0.2, 0.25) is 0 Å². The van der Waals surface area contributed by atoms with E-state index < -0.39 is 17.6 Å². The summed E-state index contributed by atoms with van der Waals surface area (Å²) in [5, 5.41) is 20.2. The van der Waals surface area contributed by atoms with E-state index in [0.717, 1.165) is 11.1 Å². The lowest BCUT2D eigenvalue weighted by Crippen LogP contribution is -2.61. The number of aliphatic hydroxyl groups is 2. The number of hydrogen-bond acceptors (Lipinski definition) is 3. The number of halogens is 1. The average molecular weight is 383 g/mol. The summed E-state index contributed by atoms with van der Waals surface area (Å²) in [6.07, 6.45) is 1.23. The maximum atomic E-state index is 13.9. The largest absolute Gasteiger partial charge is 0.392 e. The van der Waals surface area contributed by atoms with Gasteiger partial charge in [0.05, 0.1) is 12.2 Å². The van der Waals surface area contributed by atoms with Gasteiger partial charge in [0.25, 0.3) is 5.91 Å². The first-order valence-corrected chi connectivity index (χ1v) is 9.89. The highest BCUT2D eigenvalue weighted by atomic mass is 19.1. The Balaban J connectivity index is 1.50. The van der Waals surface area contributed by atoms with E-state index in [1.54, 1.807) is 17.9 Å². The van der Waals surface area contributed by atoms with Gasteiger partial charge in [-0.05, 0) is 55.0 Å². The van der Waals surface area contributed by atoms with Crippen molar-refractivity contribution in [3.63, 3.8) is 0 Å². The zero-order valence-electron chi connectivity index (χ0n) is 16.1. The molecule has 1 heterocycles. The molecule has 2 aromatic rings. The molecule has 4 rings (SSSR count). The van der Waals surface area contributed by atoms with Gasteiger partial charge in [0.1, 0.15) is 5.82 Å². The van der Waals surface area contributed by atoms with Crippen molar-refractivity contribution >= 4 is 5.91 Å². The van der Waals surface area contributed by atoms with E-state index in [9.17, 15) is 19.4 Å². The number of piperidine rings is 1. The molecule has 2 atom stereocenters. The number of aryl methyl sites for hydroxylation is 1. The summed E-state index contributed by atoms with van der Waals surface area (Å²) < 4.78 is 13.9. The van der Waals surface area contributed by atoms with Crippen LogP contribution in [0.5, 0.6) is 0 Å². The van der Waals surface area contributed by atoms with Crippen LogP contribution in [0, 0.1) is 18.2 Å². The van der Waals surface area contributed by atoms with Crippen LogP contribution in [0.2, 0.25) is 0 Å². The first-order valence-electron chi connectivity index (χ1n) is 9.89. The standard InChI is InChI=1S/C23H26FNO3/c1-15-6-7-16(13-19(15)24)12-17-4-2-3-5-18(17)22(28)25-10-8-23(9-11-25)20(26)14-21(23)27/h2-7,13,20-21,26-27H,8-12,14H2,1H3. The van der Waals surface area contributed by atoms with Crippen LogP contribution in [0.4, 0.5) is 4.39 Å². The van der Waals surface area contributed by atoms with E-state index in [-0.39, 0.29) is 11.7 Å². The highest BCUT2D eigenvalue weighted by Gasteiger charge is 2.55. The minimum absolute atomic E-state index is 0.0404. The molecule has 1 aliphatic carbocycles. The topological polar surface area (TPSA) is 60.8 Å².